The number of hydrogen-bond acceptors (Lipinski definition) is 5. The predicted molar refractivity (Wildman–Crippen MR) is 78.5 cm³/mol. The molecule has 1 aliphatic heterocycles. The maximum absolute atomic E-state index is 5.81. The zero-order valence-electron chi connectivity index (χ0n) is 11.9. The predicted octanol–water partition coefficient (Wildman–Crippen LogP) is 1.82. The topological polar surface area (TPSA) is 63.4 Å². The van der Waals surface area contributed by atoms with Crippen molar-refractivity contribution < 1.29 is 4.74 Å². The Bertz CT molecular complexity index is 402. The van der Waals surface area contributed by atoms with Crippen molar-refractivity contribution in [2.24, 2.45) is 5.92 Å². The number of nitrogen functional groups attached to an aromatic ring is 1. The van der Waals surface area contributed by atoms with Crippen LogP contribution in [0.1, 0.15) is 19.8 Å². The van der Waals surface area contributed by atoms with Crippen LogP contribution in [0, 0.1) is 5.92 Å². The normalized spacial score (nSPS) is 17.4. The summed E-state index contributed by atoms with van der Waals surface area (Å²) in [5.74, 6) is 2.10. The fraction of sp³-hybridized carbons (Fsp3) is 0.643. The van der Waals surface area contributed by atoms with Gasteiger partial charge in [-0.1, -0.05) is 0 Å². The number of nitrogens with two attached hydrogens (primary N) is 1. The maximum Gasteiger partial charge on any atom is 0.239 e. The molecule has 0 spiro atoms. The molecule has 0 aliphatic carbocycles. The van der Waals surface area contributed by atoms with Gasteiger partial charge in [-0.05, 0) is 58.0 Å². The third-order valence-electron chi connectivity index (χ3n) is 3.58. The molecule has 2 rings (SSSR count). The van der Waals surface area contributed by atoms with E-state index in [1.54, 1.807) is 0 Å². The fourth-order valence-electron chi connectivity index (χ4n) is 2.32. The second-order valence-corrected chi connectivity index (χ2v) is 5.15. The van der Waals surface area contributed by atoms with E-state index in [2.05, 4.69) is 22.2 Å². The zero-order chi connectivity index (χ0) is 13.7. The van der Waals surface area contributed by atoms with E-state index in [1.807, 2.05) is 19.1 Å². The average Bonchev–Trinajstić information content (AvgIpc) is 2.42. The highest BCUT2D eigenvalue weighted by Gasteiger charge is 2.16. The molecule has 0 aromatic carbocycles. The highest BCUT2D eigenvalue weighted by Crippen LogP contribution is 2.22. The molecule has 3 N–H and O–H groups in total. The molecule has 0 amide bonds. The molecule has 1 saturated heterocycles. The zero-order valence-corrected chi connectivity index (χ0v) is 11.9. The Hall–Kier alpha value is -1.49. The molecule has 1 fully saturated rings. The van der Waals surface area contributed by atoms with Gasteiger partial charge in [-0.3, -0.25) is 0 Å². The molecule has 0 radical (unpaired) electrons. The number of piperidine rings is 1. The van der Waals surface area contributed by atoms with E-state index in [4.69, 9.17) is 10.5 Å². The van der Waals surface area contributed by atoms with Crippen molar-refractivity contribution in [1.82, 2.24) is 9.88 Å². The number of hydrogen-bond donors (Lipinski definition) is 2. The molecule has 5 heteroatoms. The van der Waals surface area contributed by atoms with Crippen LogP contribution in [0.5, 0.6) is 5.88 Å². The molecule has 1 aliphatic rings. The van der Waals surface area contributed by atoms with Gasteiger partial charge in [-0.15, -0.1) is 0 Å². The third kappa shape index (κ3) is 3.99. The quantitative estimate of drug-likeness (QED) is 0.849. The highest BCUT2D eigenvalue weighted by molar-refractivity contribution is 5.53. The van der Waals surface area contributed by atoms with E-state index in [9.17, 15) is 0 Å². The van der Waals surface area contributed by atoms with Gasteiger partial charge in [0.05, 0.1) is 12.3 Å². The molecular weight excluding hydrogens is 240 g/mol. The van der Waals surface area contributed by atoms with Crippen molar-refractivity contribution in [3.8, 4) is 5.88 Å². The van der Waals surface area contributed by atoms with Gasteiger partial charge in [-0.25, -0.2) is 0 Å². The number of aromatic nitrogens is 1. The van der Waals surface area contributed by atoms with Crippen LogP contribution in [0.4, 0.5) is 11.5 Å². The van der Waals surface area contributed by atoms with Crippen LogP contribution in [0.15, 0.2) is 12.1 Å². The van der Waals surface area contributed by atoms with Crippen molar-refractivity contribution in [3.63, 3.8) is 0 Å². The van der Waals surface area contributed by atoms with Crippen LogP contribution in [0.25, 0.3) is 0 Å². The lowest BCUT2D eigenvalue weighted by Gasteiger charge is -2.29. The average molecular weight is 264 g/mol. The molecular formula is C14H24N4O. The minimum absolute atomic E-state index is 0.524. The van der Waals surface area contributed by atoms with Crippen LogP contribution in [-0.2, 0) is 0 Å². The van der Waals surface area contributed by atoms with Crippen molar-refractivity contribution in [1.29, 1.82) is 0 Å². The van der Waals surface area contributed by atoms with Gasteiger partial charge in [0.2, 0.25) is 5.88 Å². The number of pyridine rings is 1. The molecule has 5 nitrogen and oxygen atoms in total. The van der Waals surface area contributed by atoms with Crippen molar-refractivity contribution in [3.05, 3.63) is 12.1 Å². The molecule has 0 bridgehead atoms. The number of likely N-dealkylation sites (tertiary alicyclic amines) is 1. The number of nitrogens with one attached hydrogen (secondary N) is 1. The molecule has 1 aromatic rings. The van der Waals surface area contributed by atoms with Crippen molar-refractivity contribution in [2.75, 3.05) is 44.3 Å². The summed E-state index contributed by atoms with van der Waals surface area (Å²) in [5, 5.41) is 3.39. The van der Waals surface area contributed by atoms with Crippen LogP contribution in [0.3, 0.4) is 0 Å². The van der Waals surface area contributed by atoms with Crippen LogP contribution >= 0.6 is 0 Å². The first-order valence-electron chi connectivity index (χ1n) is 7.00. The minimum atomic E-state index is 0.524. The summed E-state index contributed by atoms with van der Waals surface area (Å²) in [6, 6.07) is 3.75. The van der Waals surface area contributed by atoms with E-state index < -0.39 is 0 Å². The van der Waals surface area contributed by atoms with Gasteiger partial charge in [0, 0.05) is 6.54 Å². The molecule has 2 heterocycles. The van der Waals surface area contributed by atoms with E-state index in [-0.39, 0.29) is 0 Å². The lowest BCUT2D eigenvalue weighted by molar-refractivity contribution is 0.226. The Morgan fingerprint density at radius 1 is 1.42 bits per heavy atom. The van der Waals surface area contributed by atoms with Crippen LogP contribution in [0.2, 0.25) is 0 Å². The molecule has 19 heavy (non-hydrogen) atoms. The Morgan fingerprint density at radius 2 is 2.16 bits per heavy atom. The van der Waals surface area contributed by atoms with Crippen LogP contribution in [-0.4, -0.2) is 43.2 Å². The van der Waals surface area contributed by atoms with Gasteiger partial charge in [0.1, 0.15) is 5.82 Å². The largest absolute Gasteiger partial charge is 0.476 e. The summed E-state index contributed by atoms with van der Waals surface area (Å²) in [6.45, 7) is 5.85. The highest BCUT2D eigenvalue weighted by atomic mass is 16.5. The smallest absolute Gasteiger partial charge is 0.239 e. The first kappa shape index (κ1) is 13.9. The third-order valence-corrected chi connectivity index (χ3v) is 3.58. The molecule has 0 atom stereocenters. The summed E-state index contributed by atoms with van der Waals surface area (Å²) in [5.41, 5.74) is 6.40. The number of anilines is 2. The lowest BCUT2D eigenvalue weighted by Crippen LogP contribution is -2.33. The lowest BCUT2D eigenvalue weighted by atomic mass is 9.97. The van der Waals surface area contributed by atoms with Gasteiger partial charge < -0.3 is 20.7 Å². The number of ether oxygens (including phenoxy) is 1. The second kappa shape index (κ2) is 6.61. The van der Waals surface area contributed by atoms with E-state index in [0.717, 1.165) is 18.3 Å². The molecule has 0 unspecified atom stereocenters. The Morgan fingerprint density at radius 3 is 2.84 bits per heavy atom. The second-order valence-electron chi connectivity index (χ2n) is 5.15. The Labute approximate surface area is 115 Å². The fourth-order valence-corrected chi connectivity index (χ4v) is 2.32. The first-order valence-corrected chi connectivity index (χ1v) is 7.00. The van der Waals surface area contributed by atoms with Gasteiger partial charge in [0.25, 0.3) is 0 Å². The summed E-state index contributed by atoms with van der Waals surface area (Å²) in [4.78, 5) is 6.77. The molecule has 1 aromatic heterocycles. The number of rotatable bonds is 5. The van der Waals surface area contributed by atoms with Gasteiger partial charge >= 0.3 is 0 Å². The SMILES string of the molecule is CCOc1nc(NCC2CCN(C)CC2)ccc1N. The maximum atomic E-state index is 5.81. The van der Waals surface area contributed by atoms with Gasteiger partial charge in [-0.2, -0.15) is 4.98 Å². The minimum Gasteiger partial charge on any atom is -0.476 e. The summed E-state index contributed by atoms with van der Waals surface area (Å²) in [7, 11) is 2.18. The number of nitrogens with zero attached hydrogens (tertiary/aromatic N) is 2. The Kier molecular flexibility index (Phi) is 4.85. The summed E-state index contributed by atoms with van der Waals surface area (Å²) < 4.78 is 5.40. The Balaban J connectivity index is 1.87. The summed E-state index contributed by atoms with van der Waals surface area (Å²) >= 11 is 0. The van der Waals surface area contributed by atoms with Crippen molar-refractivity contribution in [2.45, 2.75) is 19.8 Å². The van der Waals surface area contributed by atoms with Crippen molar-refractivity contribution >= 4 is 11.5 Å². The summed E-state index contributed by atoms with van der Waals surface area (Å²) in [6.07, 6.45) is 2.49. The first-order chi connectivity index (χ1) is 9.19. The van der Waals surface area contributed by atoms with Gasteiger partial charge in [0.15, 0.2) is 0 Å². The molecule has 106 valence electrons. The van der Waals surface area contributed by atoms with E-state index >= 15 is 0 Å². The monoisotopic (exact) mass is 264 g/mol. The van der Waals surface area contributed by atoms with E-state index in [1.165, 1.54) is 25.9 Å². The van der Waals surface area contributed by atoms with E-state index in [0.29, 0.717) is 18.2 Å². The van der Waals surface area contributed by atoms with Crippen LogP contribution < -0.4 is 15.8 Å². The molecule has 0 saturated carbocycles. The standard InChI is InChI=1S/C14H24N4O/c1-3-19-14-12(15)4-5-13(17-14)16-10-11-6-8-18(2)9-7-11/h4-5,11H,3,6-10,15H2,1-2H3,(H,16,17).